The van der Waals surface area contributed by atoms with E-state index in [1.54, 1.807) is 11.9 Å². The Hall–Kier alpha value is -2.88. The summed E-state index contributed by atoms with van der Waals surface area (Å²) in [5, 5.41) is 3.93. The number of aryl methyl sites for hydroxylation is 2. The monoisotopic (exact) mass is 320 g/mol. The topological polar surface area (TPSA) is 46.3 Å². The zero-order valence-electron chi connectivity index (χ0n) is 14.1. The van der Waals surface area contributed by atoms with Crippen LogP contribution in [0, 0.1) is 13.8 Å². The molecule has 0 fully saturated rings. The predicted molar refractivity (Wildman–Crippen MR) is 93.7 cm³/mol. The molecule has 0 aliphatic heterocycles. The summed E-state index contributed by atoms with van der Waals surface area (Å²) >= 11 is 0. The normalized spacial score (nSPS) is 10.6. The van der Waals surface area contributed by atoms with E-state index in [0.29, 0.717) is 12.1 Å². The fraction of sp³-hybridized carbons (Fsp3) is 0.200. The van der Waals surface area contributed by atoms with Gasteiger partial charge in [0.2, 0.25) is 0 Å². The lowest BCUT2D eigenvalue weighted by Crippen LogP contribution is -2.26. The SMILES string of the molecule is Cc1noc(C)c1CN(C)C(=O)c1ccc(-c2ccccc2)cc1. The van der Waals surface area contributed by atoms with Crippen molar-refractivity contribution in [2.45, 2.75) is 20.4 Å². The maximum atomic E-state index is 12.6. The van der Waals surface area contributed by atoms with Crippen LogP contribution in [0.4, 0.5) is 0 Å². The molecule has 1 aromatic heterocycles. The quantitative estimate of drug-likeness (QED) is 0.722. The molecule has 0 atom stereocenters. The van der Waals surface area contributed by atoms with Gasteiger partial charge in [0.05, 0.1) is 12.2 Å². The Labute approximate surface area is 141 Å². The lowest BCUT2D eigenvalue weighted by Gasteiger charge is -2.17. The molecule has 4 heteroatoms. The van der Waals surface area contributed by atoms with Crippen LogP contribution in [0.5, 0.6) is 0 Å². The van der Waals surface area contributed by atoms with E-state index in [0.717, 1.165) is 28.1 Å². The van der Waals surface area contributed by atoms with Crippen LogP contribution in [0.2, 0.25) is 0 Å². The molecule has 0 saturated carbocycles. The second-order valence-corrected chi connectivity index (χ2v) is 5.91. The number of hydrogen-bond donors (Lipinski definition) is 0. The Kier molecular flexibility index (Phi) is 4.47. The van der Waals surface area contributed by atoms with E-state index in [9.17, 15) is 4.79 Å². The standard InChI is InChI=1S/C20H20N2O2/c1-14-19(15(2)24-21-14)13-22(3)20(23)18-11-9-17(10-12-18)16-7-5-4-6-8-16/h4-12H,13H2,1-3H3. The van der Waals surface area contributed by atoms with Gasteiger partial charge in [0.1, 0.15) is 5.76 Å². The maximum absolute atomic E-state index is 12.6. The van der Waals surface area contributed by atoms with Crippen molar-refractivity contribution < 1.29 is 9.32 Å². The van der Waals surface area contributed by atoms with E-state index in [1.165, 1.54) is 0 Å². The molecule has 0 saturated heterocycles. The third kappa shape index (κ3) is 3.23. The van der Waals surface area contributed by atoms with Crippen molar-refractivity contribution in [1.29, 1.82) is 0 Å². The number of aromatic nitrogens is 1. The van der Waals surface area contributed by atoms with Gasteiger partial charge in [-0.3, -0.25) is 4.79 Å². The van der Waals surface area contributed by atoms with Crippen molar-refractivity contribution in [3.05, 3.63) is 77.2 Å². The molecule has 0 bridgehead atoms. The predicted octanol–water partition coefficient (Wildman–Crippen LogP) is 4.23. The van der Waals surface area contributed by atoms with Crippen molar-refractivity contribution in [2.24, 2.45) is 0 Å². The highest BCUT2D eigenvalue weighted by Gasteiger charge is 2.16. The zero-order valence-corrected chi connectivity index (χ0v) is 14.1. The lowest BCUT2D eigenvalue weighted by molar-refractivity contribution is 0.0784. The fourth-order valence-electron chi connectivity index (χ4n) is 2.69. The van der Waals surface area contributed by atoms with Crippen LogP contribution in [0.15, 0.2) is 59.1 Å². The molecule has 0 spiro atoms. The van der Waals surface area contributed by atoms with E-state index in [1.807, 2.05) is 56.3 Å². The number of carbonyl (C=O) groups is 1. The van der Waals surface area contributed by atoms with E-state index >= 15 is 0 Å². The summed E-state index contributed by atoms with van der Waals surface area (Å²) in [5.41, 5.74) is 4.70. The molecule has 2 aromatic carbocycles. The molecule has 122 valence electrons. The van der Waals surface area contributed by atoms with Gasteiger partial charge in [-0.15, -0.1) is 0 Å². The van der Waals surface area contributed by atoms with Crippen LogP contribution < -0.4 is 0 Å². The van der Waals surface area contributed by atoms with E-state index in [-0.39, 0.29) is 5.91 Å². The molecule has 3 rings (SSSR count). The van der Waals surface area contributed by atoms with Crippen molar-refractivity contribution in [2.75, 3.05) is 7.05 Å². The number of hydrogen-bond acceptors (Lipinski definition) is 3. The largest absolute Gasteiger partial charge is 0.361 e. The lowest BCUT2D eigenvalue weighted by atomic mass is 10.0. The van der Waals surface area contributed by atoms with Gasteiger partial charge >= 0.3 is 0 Å². The van der Waals surface area contributed by atoms with Gasteiger partial charge in [-0.2, -0.15) is 0 Å². The van der Waals surface area contributed by atoms with Gasteiger partial charge in [-0.25, -0.2) is 0 Å². The molecule has 1 amide bonds. The van der Waals surface area contributed by atoms with Crippen LogP contribution in [0.3, 0.4) is 0 Å². The van der Waals surface area contributed by atoms with Crippen LogP contribution in [0.25, 0.3) is 11.1 Å². The highest BCUT2D eigenvalue weighted by Crippen LogP contribution is 2.20. The van der Waals surface area contributed by atoms with Gasteiger partial charge in [-0.1, -0.05) is 47.6 Å². The Bertz CT molecular complexity index is 816. The molecule has 24 heavy (non-hydrogen) atoms. The van der Waals surface area contributed by atoms with Gasteiger partial charge in [0, 0.05) is 18.2 Å². The highest BCUT2D eigenvalue weighted by molar-refractivity contribution is 5.94. The zero-order chi connectivity index (χ0) is 17.1. The van der Waals surface area contributed by atoms with Crippen molar-refractivity contribution in [1.82, 2.24) is 10.1 Å². The first kappa shape index (κ1) is 16.0. The maximum Gasteiger partial charge on any atom is 0.253 e. The molecular formula is C20H20N2O2. The summed E-state index contributed by atoms with van der Waals surface area (Å²) in [7, 11) is 1.79. The summed E-state index contributed by atoms with van der Waals surface area (Å²) < 4.78 is 5.16. The number of carbonyl (C=O) groups excluding carboxylic acids is 1. The summed E-state index contributed by atoms with van der Waals surface area (Å²) in [6.07, 6.45) is 0. The average Bonchev–Trinajstić information content (AvgIpc) is 2.94. The summed E-state index contributed by atoms with van der Waals surface area (Å²) in [4.78, 5) is 14.3. The third-order valence-corrected chi connectivity index (χ3v) is 4.16. The second-order valence-electron chi connectivity index (χ2n) is 5.91. The third-order valence-electron chi connectivity index (χ3n) is 4.16. The first-order valence-corrected chi connectivity index (χ1v) is 7.89. The number of amides is 1. The minimum absolute atomic E-state index is 0.0189. The first-order chi connectivity index (χ1) is 11.6. The van der Waals surface area contributed by atoms with Crippen LogP contribution in [-0.4, -0.2) is 23.0 Å². The van der Waals surface area contributed by atoms with Crippen molar-refractivity contribution >= 4 is 5.91 Å². The molecule has 0 unspecified atom stereocenters. The molecular weight excluding hydrogens is 300 g/mol. The fourth-order valence-corrected chi connectivity index (χ4v) is 2.69. The molecule has 0 aliphatic rings. The smallest absolute Gasteiger partial charge is 0.253 e. The molecule has 3 aromatic rings. The van der Waals surface area contributed by atoms with E-state index in [2.05, 4.69) is 17.3 Å². The molecule has 0 N–H and O–H groups in total. The molecule has 0 aliphatic carbocycles. The molecule has 1 heterocycles. The Balaban J connectivity index is 1.75. The molecule has 0 radical (unpaired) electrons. The van der Waals surface area contributed by atoms with Crippen LogP contribution >= 0.6 is 0 Å². The number of benzene rings is 2. The van der Waals surface area contributed by atoms with Gasteiger partial charge in [0.25, 0.3) is 5.91 Å². The minimum atomic E-state index is -0.0189. The highest BCUT2D eigenvalue weighted by atomic mass is 16.5. The summed E-state index contributed by atoms with van der Waals surface area (Å²) in [5.74, 6) is 0.737. The van der Waals surface area contributed by atoms with Gasteiger partial charge in [-0.05, 0) is 37.1 Å². The van der Waals surface area contributed by atoms with Crippen LogP contribution in [-0.2, 0) is 6.54 Å². The Morgan fingerprint density at radius 3 is 2.21 bits per heavy atom. The summed E-state index contributed by atoms with van der Waals surface area (Å²) in [6, 6.07) is 17.8. The second kappa shape index (κ2) is 6.71. The summed E-state index contributed by atoms with van der Waals surface area (Å²) in [6.45, 7) is 4.24. The average molecular weight is 320 g/mol. The van der Waals surface area contributed by atoms with E-state index in [4.69, 9.17) is 4.52 Å². The van der Waals surface area contributed by atoms with Crippen molar-refractivity contribution in [3.63, 3.8) is 0 Å². The van der Waals surface area contributed by atoms with Crippen LogP contribution in [0.1, 0.15) is 27.4 Å². The Morgan fingerprint density at radius 1 is 1.00 bits per heavy atom. The number of rotatable bonds is 4. The minimum Gasteiger partial charge on any atom is -0.361 e. The van der Waals surface area contributed by atoms with Gasteiger partial charge < -0.3 is 9.42 Å². The molecule has 4 nitrogen and oxygen atoms in total. The first-order valence-electron chi connectivity index (χ1n) is 7.89. The number of nitrogens with zero attached hydrogens (tertiary/aromatic N) is 2. The van der Waals surface area contributed by atoms with Gasteiger partial charge in [0.15, 0.2) is 0 Å². The Morgan fingerprint density at radius 2 is 1.62 bits per heavy atom. The van der Waals surface area contributed by atoms with Crippen molar-refractivity contribution in [3.8, 4) is 11.1 Å². The van der Waals surface area contributed by atoms with E-state index < -0.39 is 0 Å².